The fraction of sp³-hybridized carbons (Fsp3) is 1.00. The molecular formula is CH5Br2Ga. The first-order valence-electron chi connectivity index (χ1n) is 0.577. The average molecular weight is 247 g/mol. The molecule has 0 unspecified atom stereocenters. The van der Waals surface area contributed by atoms with E-state index >= 15 is 0 Å². The van der Waals surface area contributed by atoms with Crippen molar-refractivity contribution < 1.29 is 0 Å². The van der Waals surface area contributed by atoms with E-state index in [1.54, 1.807) is 18.6 Å². The quantitative estimate of drug-likeness (QED) is 0.566. The summed E-state index contributed by atoms with van der Waals surface area (Å²) < 4.78 is 0. The second-order valence-electron chi connectivity index (χ2n) is 0. The number of rotatable bonds is 0. The van der Waals surface area contributed by atoms with Crippen LogP contribution in [-0.2, 0) is 0 Å². The molecule has 0 saturated carbocycles. The van der Waals surface area contributed by atoms with E-state index in [9.17, 15) is 0 Å². The van der Waals surface area contributed by atoms with Crippen LogP contribution in [0, 0.1) is 0 Å². The van der Waals surface area contributed by atoms with Gasteiger partial charge in [-0.2, -0.15) is 0 Å². The van der Waals surface area contributed by atoms with Crippen molar-refractivity contribution in [2.24, 2.45) is 0 Å². The summed E-state index contributed by atoms with van der Waals surface area (Å²) in [7, 11) is 0. The Bertz CT molecular complexity index is 6.00. The molecule has 2 radical (unpaired) electrons. The van der Waals surface area contributed by atoms with Crippen LogP contribution in [0.2, 0.25) is 5.48 Å². The van der Waals surface area contributed by atoms with Crippen LogP contribution in [-0.4, -0.2) is 18.6 Å². The molecule has 3 heteroatoms. The zero-order valence-electron chi connectivity index (χ0n) is 2.39. The minimum atomic E-state index is 0. The molecular weight excluding hydrogens is 242 g/mol. The second kappa shape index (κ2) is 23.3. The Labute approximate surface area is 57.8 Å². The second-order valence-corrected chi connectivity index (χ2v) is 0. The summed E-state index contributed by atoms with van der Waals surface area (Å²) in [5.41, 5.74) is 2.06. The first-order valence-corrected chi connectivity index (χ1v) is 3.00. The first kappa shape index (κ1) is 17.5. The summed E-state index contributed by atoms with van der Waals surface area (Å²) in [5.74, 6) is 0. The number of hydrogen-bond acceptors (Lipinski definition) is 0. The van der Waals surface area contributed by atoms with E-state index < -0.39 is 0 Å². The van der Waals surface area contributed by atoms with Crippen molar-refractivity contribution in [3.8, 4) is 0 Å². The van der Waals surface area contributed by atoms with Crippen molar-refractivity contribution in [1.29, 1.82) is 0 Å². The third-order valence-corrected chi connectivity index (χ3v) is 0. The van der Waals surface area contributed by atoms with Gasteiger partial charge in [0.15, 0.2) is 0 Å². The zero-order valence-corrected chi connectivity index (χ0v) is 8.24. The SMILES string of the molecule is Br.Br.[CH3][Ga]. The molecule has 0 fully saturated rings. The van der Waals surface area contributed by atoms with Crippen LogP contribution in [0.1, 0.15) is 0 Å². The molecule has 0 nitrogen and oxygen atoms in total. The van der Waals surface area contributed by atoms with Crippen molar-refractivity contribution in [2.45, 2.75) is 5.48 Å². The zero-order chi connectivity index (χ0) is 2.00. The third-order valence-electron chi connectivity index (χ3n) is 0. The van der Waals surface area contributed by atoms with Crippen LogP contribution in [0.3, 0.4) is 0 Å². The number of hydrogen-bond donors (Lipinski definition) is 0. The van der Waals surface area contributed by atoms with Crippen molar-refractivity contribution in [3.05, 3.63) is 0 Å². The summed E-state index contributed by atoms with van der Waals surface area (Å²) in [6.45, 7) is 0. The van der Waals surface area contributed by atoms with E-state index in [2.05, 4.69) is 5.48 Å². The fourth-order valence-corrected chi connectivity index (χ4v) is 0. The molecule has 0 bridgehead atoms. The van der Waals surface area contributed by atoms with Gasteiger partial charge in [0.05, 0.1) is 0 Å². The molecule has 0 heterocycles. The molecule has 0 aromatic carbocycles. The molecule has 0 aromatic rings. The summed E-state index contributed by atoms with van der Waals surface area (Å²) in [6, 6.07) is 0. The van der Waals surface area contributed by atoms with E-state index in [0.717, 1.165) is 0 Å². The predicted octanol–water partition coefficient (Wildman–Crippen LogP) is 1.36. The van der Waals surface area contributed by atoms with Crippen molar-refractivity contribution in [3.63, 3.8) is 0 Å². The molecule has 26 valence electrons. The van der Waals surface area contributed by atoms with Crippen LogP contribution in [0.4, 0.5) is 0 Å². The van der Waals surface area contributed by atoms with Crippen LogP contribution in [0.25, 0.3) is 0 Å². The van der Waals surface area contributed by atoms with Gasteiger partial charge in [0.25, 0.3) is 0 Å². The van der Waals surface area contributed by atoms with Gasteiger partial charge in [-0.3, -0.25) is 0 Å². The van der Waals surface area contributed by atoms with Crippen LogP contribution in [0.5, 0.6) is 0 Å². The topological polar surface area (TPSA) is 0 Å². The van der Waals surface area contributed by atoms with E-state index in [0.29, 0.717) is 0 Å². The molecule has 0 aliphatic carbocycles. The Hall–Kier alpha value is 1.60. The normalized spacial score (nSPS) is 1.25. The van der Waals surface area contributed by atoms with Gasteiger partial charge in [-0.25, -0.2) is 0 Å². The molecule has 0 saturated heterocycles. The Balaban J connectivity index is -0.00000000500. The third kappa shape index (κ3) is 9.51. The van der Waals surface area contributed by atoms with Gasteiger partial charge in [-0.15, -0.1) is 34.0 Å². The summed E-state index contributed by atoms with van der Waals surface area (Å²) in [5, 5.41) is 0. The van der Waals surface area contributed by atoms with Gasteiger partial charge >= 0.3 is 24.1 Å². The number of halogens is 2. The van der Waals surface area contributed by atoms with Crippen LogP contribution >= 0.6 is 34.0 Å². The Morgan fingerprint density at radius 1 is 1.00 bits per heavy atom. The van der Waals surface area contributed by atoms with Gasteiger partial charge in [0.2, 0.25) is 0 Å². The molecule has 0 rings (SSSR count). The molecule has 0 spiro atoms. The molecule has 0 amide bonds. The van der Waals surface area contributed by atoms with Gasteiger partial charge in [0.1, 0.15) is 0 Å². The Morgan fingerprint density at radius 3 is 1.00 bits per heavy atom. The van der Waals surface area contributed by atoms with Gasteiger partial charge in [-0.1, -0.05) is 0 Å². The monoisotopic (exact) mass is 244 g/mol. The summed E-state index contributed by atoms with van der Waals surface area (Å²) in [6.07, 6.45) is 0. The molecule has 0 atom stereocenters. The molecule has 0 aliphatic rings. The van der Waals surface area contributed by atoms with E-state index in [1.807, 2.05) is 0 Å². The van der Waals surface area contributed by atoms with Crippen LogP contribution < -0.4 is 0 Å². The first-order chi connectivity index (χ1) is 1.00. The average Bonchev–Trinajstić information content (AvgIpc) is 1.00. The van der Waals surface area contributed by atoms with Crippen molar-refractivity contribution >= 4 is 52.6 Å². The minimum absolute atomic E-state index is 0. The fourth-order valence-electron chi connectivity index (χ4n) is 0. The van der Waals surface area contributed by atoms with E-state index in [4.69, 9.17) is 0 Å². The van der Waals surface area contributed by atoms with Crippen LogP contribution in [0.15, 0.2) is 0 Å². The molecule has 0 aromatic heterocycles. The van der Waals surface area contributed by atoms with Gasteiger partial charge in [-0.05, 0) is 0 Å². The van der Waals surface area contributed by atoms with Crippen molar-refractivity contribution in [2.75, 3.05) is 0 Å². The molecule has 4 heavy (non-hydrogen) atoms. The van der Waals surface area contributed by atoms with E-state index in [1.165, 1.54) is 0 Å². The van der Waals surface area contributed by atoms with Crippen molar-refractivity contribution in [1.82, 2.24) is 0 Å². The maximum atomic E-state index is 2.06. The molecule has 0 N–H and O–H groups in total. The Kier molecular flexibility index (Phi) is 102. The van der Waals surface area contributed by atoms with E-state index in [-0.39, 0.29) is 34.0 Å². The standard InChI is InChI=1S/CH3.2BrH.Ga/h1H3;2*1H;. The Morgan fingerprint density at radius 2 is 1.00 bits per heavy atom. The predicted molar refractivity (Wildman–Crippen MR) is 32.3 cm³/mol. The summed E-state index contributed by atoms with van der Waals surface area (Å²) in [4.78, 5) is 0. The summed E-state index contributed by atoms with van der Waals surface area (Å²) >= 11 is 1.69. The van der Waals surface area contributed by atoms with Gasteiger partial charge < -0.3 is 0 Å². The maximum absolute atomic E-state index is 2.06. The van der Waals surface area contributed by atoms with Gasteiger partial charge in [0, 0.05) is 0 Å². The molecule has 0 aliphatic heterocycles.